The standard InChI is InChI=1S/C16H19N5O/c1-2-3-9-22-16-19-14-13(10-12-7-5-4-6-8-12)11-18-21(14)15(17)20-16/h4-8,11H,2-3,9-10H2,1H3,(H2,17,19,20). The second-order valence-corrected chi connectivity index (χ2v) is 5.13. The molecule has 6 nitrogen and oxygen atoms in total. The minimum atomic E-state index is 0.288. The average Bonchev–Trinajstić information content (AvgIpc) is 2.92. The van der Waals surface area contributed by atoms with Crippen molar-refractivity contribution >= 4 is 11.6 Å². The molecule has 3 aromatic rings. The fourth-order valence-electron chi connectivity index (χ4n) is 2.24. The van der Waals surface area contributed by atoms with Gasteiger partial charge in [-0.25, -0.2) is 0 Å². The van der Waals surface area contributed by atoms with Crippen LogP contribution in [0.25, 0.3) is 5.65 Å². The maximum atomic E-state index is 5.94. The van der Waals surface area contributed by atoms with Crippen LogP contribution in [0.1, 0.15) is 30.9 Å². The van der Waals surface area contributed by atoms with Crippen LogP contribution in [0.4, 0.5) is 5.95 Å². The van der Waals surface area contributed by atoms with Crippen LogP contribution in [0.15, 0.2) is 36.5 Å². The highest BCUT2D eigenvalue weighted by molar-refractivity contribution is 5.52. The van der Waals surface area contributed by atoms with Crippen molar-refractivity contribution in [3.05, 3.63) is 47.7 Å². The number of rotatable bonds is 6. The fraction of sp³-hybridized carbons (Fsp3) is 0.312. The van der Waals surface area contributed by atoms with Gasteiger partial charge in [-0.15, -0.1) is 0 Å². The molecule has 0 radical (unpaired) electrons. The van der Waals surface area contributed by atoms with Crippen LogP contribution in [0.5, 0.6) is 6.01 Å². The quantitative estimate of drug-likeness (QED) is 0.707. The molecule has 2 aromatic heterocycles. The number of anilines is 1. The number of fused-ring (bicyclic) bond motifs is 1. The van der Waals surface area contributed by atoms with Gasteiger partial charge >= 0.3 is 6.01 Å². The van der Waals surface area contributed by atoms with E-state index in [-0.39, 0.29) is 5.95 Å². The molecule has 0 spiro atoms. The second kappa shape index (κ2) is 6.43. The first-order chi connectivity index (χ1) is 10.8. The van der Waals surface area contributed by atoms with Crippen molar-refractivity contribution in [3.8, 4) is 6.01 Å². The van der Waals surface area contributed by atoms with E-state index in [4.69, 9.17) is 10.5 Å². The Morgan fingerprint density at radius 2 is 2.00 bits per heavy atom. The molecule has 114 valence electrons. The summed E-state index contributed by atoms with van der Waals surface area (Å²) in [6.45, 7) is 2.70. The molecule has 6 heteroatoms. The van der Waals surface area contributed by atoms with Gasteiger partial charge in [0.05, 0.1) is 12.8 Å². The molecule has 0 saturated heterocycles. The summed E-state index contributed by atoms with van der Waals surface area (Å²) in [6.07, 6.45) is 4.55. The third kappa shape index (κ3) is 3.00. The number of ether oxygens (including phenoxy) is 1. The Morgan fingerprint density at radius 1 is 1.18 bits per heavy atom. The molecule has 0 aliphatic rings. The van der Waals surface area contributed by atoms with Crippen molar-refractivity contribution in [2.24, 2.45) is 0 Å². The van der Waals surface area contributed by atoms with Gasteiger partial charge in [-0.05, 0) is 12.0 Å². The summed E-state index contributed by atoms with van der Waals surface area (Å²) >= 11 is 0. The summed E-state index contributed by atoms with van der Waals surface area (Å²) in [5, 5.41) is 4.26. The molecule has 0 fully saturated rings. The summed E-state index contributed by atoms with van der Waals surface area (Å²) in [7, 11) is 0. The minimum absolute atomic E-state index is 0.288. The van der Waals surface area contributed by atoms with Crippen LogP contribution in [-0.4, -0.2) is 26.2 Å². The number of hydrogen-bond donors (Lipinski definition) is 1. The van der Waals surface area contributed by atoms with E-state index >= 15 is 0 Å². The predicted octanol–water partition coefficient (Wildman–Crippen LogP) is 2.48. The number of unbranched alkanes of at least 4 members (excludes halogenated alkanes) is 1. The zero-order valence-electron chi connectivity index (χ0n) is 12.6. The van der Waals surface area contributed by atoms with Gasteiger partial charge in [-0.3, -0.25) is 0 Å². The lowest BCUT2D eigenvalue weighted by atomic mass is 10.1. The van der Waals surface area contributed by atoms with E-state index in [9.17, 15) is 0 Å². The van der Waals surface area contributed by atoms with Crippen molar-refractivity contribution in [2.45, 2.75) is 26.2 Å². The molecule has 0 aliphatic heterocycles. The third-order valence-electron chi connectivity index (χ3n) is 3.41. The highest BCUT2D eigenvalue weighted by atomic mass is 16.5. The van der Waals surface area contributed by atoms with Crippen LogP contribution < -0.4 is 10.5 Å². The summed E-state index contributed by atoms with van der Waals surface area (Å²) in [4.78, 5) is 8.59. The zero-order chi connectivity index (χ0) is 15.4. The lowest BCUT2D eigenvalue weighted by molar-refractivity contribution is 0.285. The molecule has 0 unspecified atom stereocenters. The van der Waals surface area contributed by atoms with Crippen molar-refractivity contribution in [2.75, 3.05) is 12.3 Å². The third-order valence-corrected chi connectivity index (χ3v) is 3.41. The summed E-state index contributed by atoms with van der Waals surface area (Å²) < 4.78 is 7.11. The van der Waals surface area contributed by atoms with Crippen LogP contribution in [0, 0.1) is 0 Å². The van der Waals surface area contributed by atoms with E-state index < -0.39 is 0 Å². The first kappa shape index (κ1) is 14.3. The van der Waals surface area contributed by atoms with Gasteiger partial charge < -0.3 is 10.5 Å². The fourth-order valence-corrected chi connectivity index (χ4v) is 2.24. The van der Waals surface area contributed by atoms with E-state index in [1.54, 1.807) is 10.7 Å². The van der Waals surface area contributed by atoms with Crippen molar-refractivity contribution < 1.29 is 4.74 Å². The van der Waals surface area contributed by atoms with Crippen LogP contribution in [-0.2, 0) is 6.42 Å². The Hall–Kier alpha value is -2.63. The van der Waals surface area contributed by atoms with Gasteiger partial charge in [0.2, 0.25) is 5.95 Å². The molecular weight excluding hydrogens is 278 g/mol. The summed E-state index contributed by atoms with van der Waals surface area (Å²) in [5.41, 5.74) is 8.83. The smallest absolute Gasteiger partial charge is 0.321 e. The highest BCUT2D eigenvalue weighted by Gasteiger charge is 2.12. The monoisotopic (exact) mass is 297 g/mol. The van der Waals surface area contributed by atoms with Gasteiger partial charge in [0.1, 0.15) is 0 Å². The topological polar surface area (TPSA) is 78.3 Å². The number of nitrogens with zero attached hydrogens (tertiary/aromatic N) is 4. The molecule has 0 aliphatic carbocycles. The summed E-state index contributed by atoms with van der Waals surface area (Å²) in [6, 6.07) is 10.5. The SMILES string of the molecule is CCCCOc1nc(N)n2ncc(Cc3ccccc3)c2n1. The van der Waals surface area contributed by atoms with Crippen LogP contribution >= 0.6 is 0 Å². The molecular formula is C16H19N5O. The molecule has 2 heterocycles. The second-order valence-electron chi connectivity index (χ2n) is 5.13. The molecule has 2 N–H and O–H groups in total. The first-order valence-electron chi connectivity index (χ1n) is 7.44. The molecule has 0 bridgehead atoms. The van der Waals surface area contributed by atoms with E-state index in [1.807, 2.05) is 18.2 Å². The minimum Gasteiger partial charge on any atom is -0.463 e. The van der Waals surface area contributed by atoms with Crippen LogP contribution in [0.3, 0.4) is 0 Å². The molecule has 0 amide bonds. The van der Waals surface area contributed by atoms with Gasteiger partial charge in [0.15, 0.2) is 5.65 Å². The molecule has 22 heavy (non-hydrogen) atoms. The Morgan fingerprint density at radius 3 is 2.77 bits per heavy atom. The lowest BCUT2D eigenvalue weighted by Gasteiger charge is -2.06. The largest absolute Gasteiger partial charge is 0.463 e. The Kier molecular flexibility index (Phi) is 4.18. The van der Waals surface area contributed by atoms with E-state index in [0.29, 0.717) is 18.3 Å². The van der Waals surface area contributed by atoms with Gasteiger partial charge in [-0.2, -0.15) is 19.6 Å². The Labute approximate surface area is 129 Å². The van der Waals surface area contributed by atoms with Gasteiger partial charge in [0.25, 0.3) is 0 Å². The molecule has 0 atom stereocenters. The highest BCUT2D eigenvalue weighted by Crippen LogP contribution is 2.18. The maximum absolute atomic E-state index is 5.94. The van der Waals surface area contributed by atoms with Gasteiger partial charge in [0, 0.05) is 12.0 Å². The van der Waals surface area contributed by atoms with E-state index in [2.05, 4.69) is 34.1 Å². The van der Waals surface area contributed by atoms with E-state index in [0.717, 1.165) is 24.8 Å². The first-order valence-corrected chi connectivity index (χ1v) is 7.44. The number of hydrogen-bond acceptors (Lipinski definition) is 5. The van der Waals surface area contributed by atoms with Crippen molar-refractivity contribution in [1.29, 1.82) is 0 Å². The molecule has 0 saturated carbocycles. The van der Waals surface area contributed by atoms with E-state index in [1.165, 1.54) is 5.56 Å². The summed E-state index contributed by atoms with van der Waals surface area (Å²) in [5.74, 6) is 0.288. The van der Waals surface area contributed by atoms with Crippen molar-refractivity contribution in [1.82, 2.24) is 19.6 Å². The van der Waals surface area contributed by atoms with Crippen molar-refractivity contribution in [3.63, 3.8) is 0 Å². The number of nitrogens with two attached hydrogens (primary N) is 1. The normalized spacial score (nSPS) is 11.0. The predicted molar refractivity (Wildman–Crippen MR) is 84.8 cm³/mol. The number of benzene rings is 1. The molecule has 1 aromatic carbocycles. The Bertz CT molecular complexity index is 754. The molecule has 3 rings (SSSR count). The Balaban J connectivity index is 1.90. The van der Waals surface area contributed by atoms with Crippen LogP contribution in [0.2, 0.25) is 0 Å². The number of aromatic nitrogens is 4. The average molecular weight is 297 g/mol. The number of nitrogen functional groups attached to an aromatic ring is 1. The van der Waals surface area contributed by atoms with Gasteiger partial charge in [-0.1, -0.05) is 43.7 Å². The maximum Gasteiger partial charge on any atom is 0.321 e. The lowest BCUT2D eigenvalue weighted by Crippen LogP contribution is -2.08. The zero-order valence-corrected chi connectivity index (χ0v) is 12.6.